The van der Waals surface area contributed by atoms with Crippen molar-refractivity contribution in [1.82, 2.24) is 35.0 Å². The van der Waals surface area contributed by atoms with Crippen molar-refractivity contribution in [3.63, 3.8) is 0 Å². The molecule has 0 bridgehead atoms. The number of likely N-dealkylation sites (N-methyl/N-ethyl adjacent to an activating group) is 1. The molecule has 1 unspecified atom stereocenters. The second-order valence-electron chi connectivity index (χ2n) is 15.8. The SMILES string of the molecule is CN(CCCOc1ncc(-c2cn(CCCCNC(=O)CCCCCNc3cccc4c3C(=O)N(C3CCC(=O)NC3=O)C4=O)cn2)cc1C(N)=O)C(=O)Cc1ccc(OC(F)(F)F)cc1. The predicted octanol–water partition coefficient (Wildman–Crippen LogP) is 4.38. The number of halogens is 3. The van der Waals surface area contributed by atoms with E-state index in [1.165, 1.54) is 23.2 Å². The largest absolute Gasteiger partial charge is 0.573 e. The van der Waals surface area contributed by atoms with Crippen molar-refractivity contribution in [3.05, 3.63) is 89.5 Å². The standard InChI is InChI=1S/C45H50F3N9O9/c1-55(38(60)23-28-12-14-30(15-13-28)66-45(46,47)48)20-8-22-65-42-32(40(49)61)24-29(25-52-42)34-26-56(27-53-34)21-6-5-19-51-36(58)11-3-2-4-18-50-33-10-7-9-31-39(33)44(64)57(43(31)63)35-16-17-37(59)54-41(35)62/h7,9-10,12-15,24-27,35,50H,2-6,8,11,16-23H2,1H3,(H2,49,61)(H,51,58)(H,54,59,62). The maximum atomic E-state index is 13.3. The van der Waals surface area contributed by atoms with Crippen LogP contribution in [0.15, 0.2) is 67.3 Å². The number of ether oxygens (including phenoxy) is 2. The van der Waals surface area contributed by atoms with Crippen LogP contribution in [-0.4, -0.2) is 111 Å². The first kappa shape index (κ1) is 48.1. The molecular weight excluding hydrogens is 868 g/mol. The quantitative estimate of drug-likeness (QED) is 0.0599. The van der Waals surface area contributed by atoms with Crippen LogP contribution in [0.2, 0.25) is 0 Å². The number of hydrogen-bond acceptors (Lipinski definition) is 12. The third kappa shape index (κ3) is 12.9. The number of pyridine rings is 1. The summed E-state index contributed by atoms with van der Waals surface area (Å²) < 4.78 is 48.7. The summed E-state index contributed by atoms with van der Waals surface area (Å²) in [7, 11) is 1.59. The summed E-state index contributed by atoms with van der Waals surface area (Å²) in [5, 5.41) is 8.35. The number of nitrogens with zero attached hydrogens (tertiary/aromatic N) is 5. The van der Waals surface area contributed by atoms with Gasteiger partial charge in [-0.05, 0) is 74.4 Å². The fraction of sp³-hybridized carbons (Fsp3) is 0.400. The Labute approximate surface area is 377 Å². The number of carbonyl (C=O) groups excluding carboxylic acids is 7. The van der Waals surface area contributed by atoms with Gasteiger partial charge in [0.25, 0.3) is 17.7 Å². The highest BCUT2D eigenvalue weighted by Crippen LogP contribution is 2.32. The average molecular weight is 918 g/mol. The van der Waals surface area contributed by atoms with E-state index in [0.29, 0.717) is 74.4 Å². The Kier molecular flexibility index (Phi) is 16.1. The van der Waals surface area contributed by atoms with Gasteiger partial charge >= 0.3 is 6.36 Å². The predicted molar refractivity (Wildman–Crippen MR) is 231 cm³/mol. The fourth-order valence-electron chi connectivity index (χ4n) is 7.44. The molecule has 7 amide bonds. The highest BCUT2D eigenvalue weighted by Gasteiger charge is 2.45. The van der Waals surface area contributed by atoms with Crippen LogP contribution >= 0.6 is 0 Å². The summed E-state index contributed by atoms with van der Waals surface area (Å²) in [5.74, 6) is -3.63. The van der Waals surface area contributed by atoms with Crippen LogP contribution in [0.5, 0.6) is 11.6 Å². The molecule has 2 aliphatic rings. The number of amides is 7. The number of nitrogens with one attached hydrogen (secondary N) is 3. The normalized spacial score (nSPS) is 14.7. The second kappa shape index (κ2) is 22.0. The smallest absolute Gasteiger partial charge is 0.477 e. The summed E-state index contributed by atoms with van der Waals surface area (Å²) >= 11 is 0. The number of fused-ring (bicyclic) bond motifs is 1. The van der Waals surface area contributed by atoms with Crippen LogP contribution < -0.4 is 31.2 Å². The van der Waals surface area contributed by atoms with E-state index in [2.05, 4.69) is 30.7 Å². The molecular formula is C45H50F3N9O9. The lowest BCUT2D eigenvalue weighted by atomic mass is 10.0. The Balaban J connectivity index is 0.840. The highest BCUT2D eigenvalue weighted by atomic mass is 19.4. The number of anilines is 1. The van der Waals surface area contributed by atoms with Crippen LogP contribution in [0.1, 0.15) is 94.4 Å². The van der Waals surface area contributed by atoms with Gasteiger partial charge in [0.15, 0.2) is 0 Å². The van der Waals surface area contributed by atoms with Crippen LogP contribution in [0.3, 0.4) is 0 Å². The summed E-state index contributed by atoms with van der Waals surface area (Å²) in [6.07, 6.45) is 4.65. The van der Waals surface area contributed by atoms with Crippen molar-refractivity contribution in [3.8, 4) is 22.9 Å². The van der Waals surface area contributed by atoms with E-state index >= 15 is 0 Å². The van der Waals surface area contributed by atoms with Crippen molar-refractivity contribution in [2.45, 2.75) is 83.2 Å². The molecule has 0 radical (unpaired) electrons. The van der Waals surface area contributed by atoms with Gasteiger partial charge in [-0.1, -0.05) is 24.6 Å². The molecule has 21 heteroatoms. The lowest BCUT2D eigenvalue weighted by Gasteiger charge is -2.27. The Hall–Kier alpha value is -7.32. The molecule has 2 aromatic carbocycles. The molecule has 1 fully saturated rings. The Morgan fingerprint density at radius 2 is 1.73 bits per heavy atom. The van der Waals surface area contributed by atoms with Gasteiger partial charge in [-0.15, -0.1) is 13.2 Å². The monoisotopic (exact) mass is 917 g/mol. The number of imide groups is 2. The van der Waals surface area contributed by atoms with E-state index in [0.717, 1.165) is 36.3 Å². The number of aromatic nitrogens is 3. The molecule has 0 spiro atoms. The van der Waals surface area contributed by atoms with Gasteiger partial charge in [0, 0.05) is 69.7 Å². The molecule has 2 aromatic heterocycles. The van der Waals surface area contributed by atoms with E-state index in [-0.39, 0.29) is 66.0 Å². The summed E-state index contributed by atoms with van der Waals surface area (Å²) in [6.45, 7) is 2.06. The summed E-state index contributed by atoms with van der Waals surface area (Å²) in [6, 6.07) is 10.5. The number of unbranched alkanes of at least 4 members (excludes halogenated alkanes) is 3. The molecule has 1 saturated heterocycles. The van der Waals surface area contributed by atoms with Gasteiger partial charge in [-0.2, -0.15) is 0 Å². The molecule has 4 aromatic rings. The fourth-order valence-corrected chi connectivity index (χ4v) is 7.44. The highest BCUT2D eigenvalue weighted by molar-refractivity contribution is 6.25. The minimum Gasteiger partial charge on any atom is -0.477 e. The lowest BCUT2D eigenvalue weighted by molar-refractivity contribution is -0.274. The van der Waals surface area contributed by atoms with Crippen molar-refractivity contribution >= 4 is 47.0 Å². The number of alkyl halides is 3. The molecule has 18 nitrogen and oxygen atoms in total. The van der Waals surface area contributed by atoms with Crippen molar-refractivity contribution in [1.29, 1.82) is 0 Å². The number of benzene rings is 2. The third-order valence-electron chi connectivity index (χ3n) is 10.9. The summed E-state index contributed by atoms with van der Waals surface area (Å²) in [4.78, 5) is 98.8. The van der Waals surface area contributed by atoms with Crippen molar-refractivity contribution < 1.29 is 56.2 Å². The number of hydrogen-bond donors (Lipinski definition) is 4. The minimum atomic E-state index is -4.80. The number of rotatable bonds is 23. The van der Waals surface area contributed by atoms with Crippen LogP contribution in [0, 0.1) is 0 Å². The van der Waals surface area contributed by atoms with Gasteiger partial charge in [-0.3, -0.25) is 43.8 Å². The molecule has 4 heterocycles. The maximum absolute atomic E-state index is 13.3. The molecule has 0 aliphatic carbocycles. The van der Waals surface area contributed by atoms with Crippen molar-refractivity contribution in [2.24, 2.45) is 5.73 Å². The zero-order valence-electron chi connectivity index (χ0n) is 36.2. The molecule has 1 atom stereocenters. The number of aryl methyl sites for hydroxylation is 1. The van der Waals surface area contributed by atoms with Gasteiger partial charge in [0.2, 0.25) is 29.5 Å². The molecule has 6 rings (SSSR count). The van der Waals surface area contributed by atoms with Gasteiger partial charge in [0.05, 0.1) is 36.2 Å². The van der Waals surface area contributed by atoms with Gasteiger partial charge < -0.3 is 35.3 Å². The molecule has 350 valence electrons. The van der Waals surface area contributed by atoms with Crippen LogP contribution in [-0.2, 0) is 32.1 Å². The molecule has 5 N–H and O–H groups in total. The first-order valence-corrected chi connectivity index (χ1v) is 21.5. The van der Waals surface area contributed by atoms with Crippen LogP contribution in [0.25, 0.3) is 11.3 Å². The molecule has 2 aliphatic heterocycles. The Morgan fingerprint density at radius 1 is 0.955 bits per heavy atom. The third-order valence-corrected chi connectivity index (χ3v) is 10.9. The second-order valence-corrected chi connectivity index (χ2v) is 15.8. The number of piperidine rings is 1. The lowest BCUT2D eigenvalue weighted by Crippen LogP contribution is -2.54. The van der Waals surface area contributed by atoms with E-state index in [1.54, 1.807) is 37.6 Å². The minimum absolute atomic E-state index is 0.0208. The van der Waals surface area contributed by atoms with E-state index < -0.39 is 41.9 Å². The number of nitrogens with two attached hydrogens (primary N) is 1. The van der Waals surface area contributed by atoms with Gasteiger partial charge in [-0.25, -0.2) is 9.97 Å². The van der Waals surface area contributed by atoms with Crippen molar-refractivity contribution in [2.75, 3.05) is 38.6 Å². The van der Waals surface area contributed by atoms with E-state index in [4.69, 9.17) is 10.5 Å². The van der Waals surface area contributed by atoms with Gasteiger partial charge in [0.1, 0.15) is 17.4 Å². The Morgan fingerprint density at radius 3 is 2.47 bits per heavy atom. The number of primary amides is 1. The zero-order chi connectivity index (χ0) is 47.4. The molecule has 0 saturated carbocycles. The van der Waals surface area contributed by atoms with Crippen LogP contribution in [0.4, 0.5) is 18.9 Å². The topological polar surface area (TPSA) is 237 Å². The average Bonchev–Trinajstić information content (AvgIpc) is 3.85. The first-order valence-electron chi connectivity index (χ1n) is 21.5. The Bertz CT molecular complexity index is 2440. The molecule has 66 heavy (non-hydrogen) atoms. The number of imidazole rings is 1. The summed E-state index contributed by atoms with van der Waals surface area (Å²) in [5.41, 5.74) is 8.23. The number of carbonyl (C=O) groups is 7. The van der Waals surface area contributed by atoms with E-state index in [9.17, 15) is 46.7 Å². The zero-order valence-corrected chi connectivity index (χ0v) is 36.2. The first-order chi connectivity index (χ1) is 31.6. The maximum Gasteiger partial charge on any atom is 0.573 e. The van der Waals surface area contributed by atoms with E-state index in [1.807, 2.05) is 10.8 Å².